The molecule has 372 valence electrons. The first-order chi connectivity index (χ1) is 32.2. The number of pyridine rings is 2. The molecule has 16 nitrogen and oxygen atoms in total. The predicted octanol–water partition coefficient (Wildman–Crippen LogP) is 9.47. The fraction of sp³-hybridized carbons (Fsp3) is 0.500. The van der Waals surface area contributed by atoms with Crippen LogP contribution in [0.1, 0.15) is 138 Å². The SMILES string of the molecule is Cc1ncc(CO)c(CN(CCCCCC(=O)O)C(=O)OC(C)(C)C)c1O.Cc1ncc(CO)c(CN(CCCCCC(=O)OCc2ccccc2)C(=O)OC(C)(C)C)c1OCc1ccccc1. The van der Waals surface area contributed by atoms with Gasteiger partial charge in [-0.3, -0.25) is 19.6 Å². The molecule has 4 N–H and O–H groups in total. The number of hydrogen-bond donors (Lipinski definition) is 4. The Morgan fingerprint density at radius 3 is 1.54 bits per heavy atom. The molecule has 0 aliphatic heterocycles. The highest BCUT2D eigenvalue weighted by Gasteiger charge is 2.27. The van der Waals surface area contributed by atoms with Gasteiger partial charge >= 0.3 is 24.1 Å². The van der Waals surface area contributed by atoms with Crippen LogP contribution in [0.25, 0.3) is 0 Å². The molecule has 2 amide bonds. The highest BCUT2D eigenvalue weighted by Crippen LogP contribution is 2.30. The molecular formula is C52H72N4O12. The zero-order chi connectivity index (χ0) is 50.3. The summed E-state index contributed by atoms with van der Waals surface area (Å²) >= 11 is 0. The van der Waals surface area contributed by atoms with Gasteiger partial charge in [-0.05, 0) is 92.2 Å². The number of hydrogen-bond acceptors (Lipinski definition) is 13. The molecule has 0 unspecified atom stereocenters. The smallest absolute Gasteiger partial charge is 0.410 e. The van der Waals surface area contributed by atoms with Crippen molar-refractivity contribution in [2.24, 2.45) is 0 Å². The summed E-state index contributed by atoms with van der Waals surface area (Å²) in [7, 11) is 0. The van der Waals surface area contributed by atoms with Crippen LogP contribution in [-0.4, -0.2) is 88.6 Å². The first kappa shape index (κ1) is 56.1. The molecule has 0 aliphatic rings. The summed E-state index contributed by atoms with van der Waals surface area (Å²) in [6.45, 7) is 15.3. The topological polar surface area (TPSA) is 218 Å². The van der Waals surface area contributed by atoms with Crippen LogP contribution in [0.5, 0.6) is 11.5 Å². The second-order valence-electron chi connectivity index (χ2n) is 18.4. The first-order valence-corrected chi connectivity index (χ1v) is 23.1. The van der Waals surface area contributed by atoms with Crippen molar-refractivity contribution in [1.29, 1.82) is 0 Å². The van der Waals surface area contributed by atoms with E-state index in [0.29, 0.717) is 97.6 Å². The largest absolute Gasteiger partial charge is 0.506 e. The Labute approximate surface area is 401 Å². The first-order valence-electron chi connectivity index (χ1n) is 23.1. The van der Waals surface area contributed by atoms with E-state index in [9.17, 15) is 34.5 Å². The Hall–Kier alpha value is -6.26. The summed E-state index contributed by atoms with van der Waals surface area (Å²) < 4.78 is 22.7. The number of amides is 2. The number of esters is 1. The summed E-state index contributed by atoms with van der Waals surface area (Å²) in [5.41, 5.74) is 3.86. The van der Waals surface area contributed by atoms with E-state index in [1.807, 2.05) is 88.4 Å². The van der Waals surface area contributed by atoms with Crippen molar-refractivity contribution < 1.29 is 58.6 Å². The summed E-state index contributed by atoms with van der Waals surface area (Å²) in [5, 5.41) is 38.7. The molecule has 0 saturated heterocycles. The van der Waals surface area contributed by atoms with Crippen LogP contribution in [0.4, 0.5) is 9.59 Å². The number of nitrogens with zero attached hydrogens (tertiary/aromatic N) is 4. The molecule has 0 radical (unpaired) electrons. The second kappa shape index (κ2) is 28.2. The summed E-state index contributed by atoms with van der Waals surface area (Å²) in [4.78, 5) is 60.1. The molecule has 4 rings (SSSR count). The highest BCUT2D eigenvalue weighted by atomic mass is 16.6. The number of carbonyl (C=O) groups is 4. The Bertz CT molecular complexity index is 2190. The third-order valence-corrected chi connectivity index (χ3v) is 10.3. The van der Waals surface area contributed by atoms with Crippen molar-refractivity contribution in [2.45, 2.75) is 157 Å². The Kier molecular flexibility index (Phi) is 23.2. The van der Waals surface area contributed by atoms with Gasteiger partial charge in [0.05, 0.1) is 37.7 Å². The van der Waals surface area contributed by atoms with Gasteiger partial charge < -0.3 is 49.2 Å². The van der Waals surface area contributed by atoms with Crippen LogP contribution in [0.15, 0.2) is 73.1 Å². The standard InChI is InChI=1S/C33H42N2O6.C19H30N2O6/c1-25-31(40-24-27-16-10-6-11-17-27)29(28(22-36)20-34-25)21-35(32(38)41-33(2,3)4)19-13-7-12-18-30(37)39-23-26-14-8-5-9-15-26;1-13-17(25)15(14(12-22)10-20-13)11-21(18(26)27-19(2,3)4)9-7-5-6-8-16(23)24/h5-6,8-11,14-17,20,36H,7,12-13,18-19,21-24H2,1-4H3;10,22,25H,5-9,11-12H2,1-4H3,(H,23,24). The van der Waals surface area contributed by atoms with Gasteiger partial charge in [-0.15, -0.1) is 0 Å². The Morgan fingerprint density at radius 2 is 1.06 bits per heavy atom. The van der Waals surface area contributed by atoms with Crippen molar-refractivity contribution in [2.75, 3.05) is 13.1 Å². The van der Waals surface area contributed by atoms with Crippen molar-refractivity contribution >= 4 is 24.1 Å². The van der Waals surface area contributed by atoms with Gasteiger partial charge in [0, 0.05) is 60.6 Å². The fourth-order valence-corrected chi connectivity index (χ4v) is 6.72. The van der Waals surface area contributed by atoms with Gasteiger partial charge in [0.25, 0.3) is 0 Å². The maximum atomic E-state index is 13.2. The lowest BCUT2D eigenvalue weighted by atomic mass is 10.1. The zero-order valence-corrected chi connectivity index (χ0v) is 41.1. The van der Waals surface area contributed by atoms with E-state index >= 15 is 0 Å². The lowest BCUT2D eigenvalue weighted by molar-refractivity contribution is -0.145. The van der Waals surface area contributed by atoms with E-state index in [0.717, 1.165) is 17.5 Å². The lowest BCUT2D eigenvalue weighted by Crippen LogP contribution is -2.37. The van der Waals surface area contributed by atoms with Crippen molar-refractivity contribution in [3.63, 3.8) is 0 Å². The van der Waals surface area contributed by atoms with Gasteiger partial charge in [-0.2, -0.15) is 0 Å². The van der Waals surface area contributed by atoms with Crippen LogP contribution < -0.4 is 4.74 Å². The molecule has 0 aliphatic carbocycles. The van der Waals surface area contributed by atoms with Crippen LogP contribution >= 0.6 is 0 Å². The normalized spacial score (nSPS) is 11.2. The summed E-state index contributed by atoms with van der Waals surface area (Å²) in [5.74, 6) is -0.585. The van der Waals surface area contributed by atoms with E-state index in [4.69, 9.17) is 24.1 Å². The highest BCUT2D eigenvalue weighted by molar-refractivity contribution is 5.70. The van der Waals surface area contributed by atoms with Gasteiger partial charge in [0.2, 0.25) is 0 Å². The lowest BCUT2D eigenvalue weighted by Gasteiger charge is -2.29. The molecule has 4 aromatic rings. The van der Waals surface area contributed by atoms with Crippen LogP contribution in [-0.2, 0) is 63.3 Å². The van der Waals surface area contributed by atoms with Crippen LogP contribution in [0.3, 0.4) is 0 Å². The van der Waals surface area contributed by atoms with Gasteiger partial charge in [-0.25, -0.2) is 9.59 Å². The number of rotatable bonds is 23. The quantitative estimate of drug-likeness (QED) is 0.0309. The molecule has 2 aromatic carbocycles. The number of ether oxygens (including phenoxy) is 4. The minimum Gasteiger partial charge on any atom is -0.506 e. The van der Waals surface area contributed by atoms with Gasteiger partial charge in [0.1, 0.15) is 35.9 Å². The number of unbranched alkanes of at least 4 members (excludes halogenated alkanes) is 4. The molecule has 0 bridgehead atoms. The molecule has 68 heavy (non-hydrogen) atoms. The van der Waals surface area contributed by atoms with Crippen LogP contribution in [0, 0.1) is 13.8 Å². The van der Waals surface area contributed by atoms with E-state index in [-0.39, 0.29) is 51.0 Å². The van der Waals surface area contributed by atoms with Gasteiger partial charge in [0.15, 0.2) is 0 Å². The van der Waals surface area contributed by atoms with E-state index in [2.05, 4.69) is 9.97 Å². The van der Waals surface area contributed by atoms with Crippen molar-refractivity contribution in [3.8, 4) is 11.5 Å². The number of aliphatic hydroxyl groups is 2. The molecule has 0 fully saturated rings. The molecule has 2 aromatic heterocycles. The third kappa shape index (κ3) is 20.7. The summed E-state index contributed by atoms with van der Waals surface area (Å²) in [6.07, 6.45) is 6.36. The number of aryl methyl sites for hydroxylation is 2. The number of aromatic hydroxyl groups is 1. The minimum atomic E-state index is -0.844. The minimum absolute atomic E-state index is 0.0546. The number of carboxylic acid groups (broad SMARTS) is 1. The average Bonchev–Trinajstić information content (AvgIpc) is 3.28. The molecular weight excluding hydrogens is 873 g/mol. The average molecular weight is 945 g/mol. The molecule has 0 atom stereocenters. The molecule has 0 spiro atoms. The Balaban J connectivity index is 0.000000394. The Morgan fingerprint density at radius 1 is 0.603 bits per heavy atom. The number of carbonyl (C=O) groups excluding carboxylic acids is 3. The van der Waals surface area contributed by atoms with Gasteiger partial charge in [-0.1, -0.05) is 73.5 Å². The number of aliphatic carboxylic acids is 1. The zero-order valence-electron chi connectivity index (χ0n) is 41.1. The van der Waals surface area contributed by atoms with Crippen molar-refractivity contribution in [1.82, 2.24) is 19.8 Å². The number of carboxylic acids is 1. The maximum absolute atomic E-state index is 13.2. The number of benzene rings is 2. The van der Waals surface area contributed by atoms with Crippen LogP contribution in [0.2, 0.25) is 0 Å². The van der Waals surface area contributed by atoms with Crippen molar-refractivity contribution in [3.05, 3.63) is 118 Å². The maximum Gasteiger partial charge on any atom is 0.410 e. The third-order valence-electron chi connectivity index (χ3n) is 10.3. The van der Waals surface area contributed by atoms with E-state index in [1.54, 1.807) is 38.8 Å². The molecule has 16 heteroatoms. The van der Waals surface area contributed by atoms with E-state index < -0.39 is 29.4 Å². The molecule has 2 heterocycles. The second-order valence-corrected chi connectivity index (χ2v) is 18.4. The molecule has 0 saturated carbocycles. The monoisotopic (exact) mass is 945 g/mol. The fourth-order valence-electron chi connectivity index (χ4n) is 6.72. The number of aliphatic hydroxyl groups excluding tert-OH is 2. The summed E-state index contributed by atoms with van der Waals surface area (Å²) in [6, 6.07) is 19.4. The van der Waals surface area contributed by atoms with E-state index in [1.165, 1.54) is 11.1 Å². The number of aromatic nitrogens is 2. The predicted molar refractivity (Wildman–Crippen MR) is 256 cm³/mol.